The second-order valence-corrected chi connectivity index (χ2v) is 7.71. The largest absolute Gasteiger partial charge is 0.309 e. The molecule has 3 heteroatoms. The maximum absolute atomic E-state index is 3.78. The van der Waals surface area contributed by atoms with E-state index in [0.717, 1.165) is 12.5 Å². The third-order valence-corrected chi connectivity index (χ3v) is 5.36. The molecule has 1 aromatic heterocycles. The highest BCUT2D eigenvalue weighted by Crippen LogP contribution is 2.23. The Morgan fingerprint density at radius 3 is 2.90 bits per heavy atom. The summed E-state index contributed by atoms with van der Waals surface area (Å²) in [5.74, 6) is 0.774. The van der Waals surface area contributed by atoms with Gasteiger partial charge < -0.3 is 5.32 Å². The first-order valence-electron chi connectivity index (χ1n) is 8.02. The Morgan fingerprint density at radius 2 is 2.30 bits per heavy atom. The predicted octanol–water partition coefficient (Wildman–Crippen LogP) is 3.78. The minimum atomic E-state index is 0.294. The summed E-state index contributed by atoms with van der Waals surface area (Å²) in [5.41, 5.74) is 1.79. The Balaban J connectivity index is 1.97. The topological polar surface area (TPSA) is 15.3 Å². The molecule has 1 saturated heterocycles. The SMILES string of the molecule is CCC1(C)CN(CCc2ccsc2)C(CC(C)C)CN1. The van der Waals surface area contributed by atoms with Crippen molar-refractivity contribution in [2.24, 2.45) is 5.92 Å². The maximum Gasteiger partial charge on any atom is 0.0278 e. The Morgan fingerprint density at radius 1 is 1.50 bits per heavy atom. The molecule has 2 heterocycles. The standard InChI is InChI=1S/C17H30N2S/c1-5-17(4)13-19(8-6-15-7-9-20-12-15)16(11-18-17)10-14(2)3/h7,9,12,14,16,18H,5-6,8,10-11,13H2,1-4H3. The number of piperazine rings is 1. The van der Waals surface area contributed by atoms with Gasteiger partial charge in [0, 0.05) is 31.2 Å². The highest BCUT2D eigenvalue weighted by molar-refractivity contribution is 7.07. The van der Waals surface area contributed by atoms with E-state index in [9.17, 15) is 0 Å². The van der Waals surface area contributed by atoms with Gasteiger partial charge in [0.2, 0.25) is 0 Å². The first kappa shape index (κ1) is 16.0. The summed E-state index contributed by atoms with van der Waals surface area (Å²) in [6.07, 6.45) is 3.70. The van der Waals surface area contributed by atoms with Crippen molar-refractivity contribution in [2.75, 3.05) is 19.6 Å². The van der Waals surface area contributed by atoms with E-state index in [1.165, 1.54) is 37.9 Å². The molecular formula is C17H30N2S. The smallest absolute Gasteiger partial charge is 0.0278 e. The molecule has 0 spiro atoms. The lowest BCUT2D eigenvalue weighted by Gasteiger charge is -2.46. The molecule has 0 radical (unpaired) electrons. The van der Waals surface area contributed by atoms with Crippen molar-refractivity contribution in [3.05, 3.63) is 22.4 Å². The van der Waals surface area contributed by atoms with Crippen LogP contribution in [0.15, 0.2) is 16.8 Å². The molecule has 2 atom stereocenters. The number of nitrogens with one attached hydrogen (secondary N) is 1. The van der Waals surface area contributed by atoms with Crippen molar-refractivity contribution in [3.8, 4) is 0 Å². The quantitative estimate of drug-likeness (QED) is 0.859. The Bertz CT molecular complexity index is 388. The minimum absolute atomic E-state index is 0.294. The van der Waals surface area contributed by atoms with Crippen molar-refractivity contribution in [2.45, 2.75) is 58.5 Å². The zero-order valence-electron chi connectivity index (χ0n) is 13.5. The molecule has 20 heavy (non-hydrogen) atoms. The molecular weight excluding hydrogens is 264 g/mol. The van der Waals surface area contributed by atoms with Gasteiger partial charge in [0.1, 0.15) is 0 Å². The van der Waals surface area contributed by atoms with Gasteiger partial charge in [0.05, 0.1) is 0 Å². The monoisotopic (exact) mass is 294 g/mol. The molecule has 0 aliphatic carbocycles. The van der Waals surface area contributed by atoms with Crippen LogP contribution in [-0.4, -0.2) is 36.1 Å². The van der Waals surface area contributed by atoms with Crippen molar-refractivity contribution >= 4 is 11.3 Å². The Labute approximate surface area is 128 Å². The molecule has 1 aromatic rings. The summed E-state index contributed by atoms with van der Waals surface area (Å²) >= 11 is 1.81. The summed E-state index contributed by atoms with van der Waals surface area (Å²) in [6, 6.07) is 2.97. The van der Waals surface area contributed by atoms with Crippen LogP contribution in [0.5, 0.6) is 0 Å². The second-order valence-electron chi connectivity index (χ2n) is 6.93. The van der Waals surface area contributed by atoms with E-state index in [4.69, 9.17) is 0 Å². The molecule has 1 aliphatic heterocycles. The molecule has 1 aliphatic rings. The normalized spacial score (nSPS) is 28.1. The molecule has 1 fully saturated rings. The average Bonchev–Trinajstić information content (AvgIpc) is 2.92. The Hall–Kier alpha value is -0.380. The molecule has 0 saturated carbocycles. The van der Waals surface area contributed by atoms with E-state index in [1.54, 1.807) is 0 Å². The summed E-state index contributed by atoms with van der Waals surface area (Å²) in [7, 11) is 0. The fourth-order valence-electron chi connectivity index (χ4n) is 3.11. The van der Waals surface area contributed by atoms with Gasteiger partial charge in [-0.2, -0.15) is 11.3 Å². The van der Waals surface area contributed by atoms with Gasteiger partial charge in [-0.1, -0.05) is 20.8 Å². The van der Waals surface area contributed by atoms with Gasteiger partial charge >= 0.3 is 0 Å². The van der Waals surface area contributed by atoms with E-state index in [-0.39, 0.29) is 0 Å². The lowest BCUT2D eigenvalue weighted by Crippen LogP contribution is -2.63. The van der Waals surface area contributed by atoms with E-state index in [0.29, 0.717) is 11.6 Å². The van der Waals surface area contributed by atoms with Crippen LogP contribution in [0.3, 0.4) is 0 Å². The summed E-state index contributed by atoms with van der Waals surface area (Å²) in [6.45, 7) is 12.9. The van der Waals surface area contributed by atoms with E-state index < -0.39 is 0 Å². The third-order valence-electron chi connectivity index (χ3n) is 4.62. The van der Waals surface area contributed by atoms with Crippen LogP contribution in [0.1, 0.15) is 46.1 Å². The van der Waals surface area contributed by atoms with Gasteiger partial charge in [-0.05, 0) is 54.5 Å². The lowest BCUT2D eigenvalue weighted by molar-refractivity contribution is 0.0740. The Kier molecular flexibility index (Phi) is 5.65. The fourth-order valence-corrected chi connectivity index (χ4v) is 3.81. The first-order chi connectivity index (χ1) is 9.52. The molecule has 114 valence electrons. The van der Waals surface area contributed by atoms with E-state index in [2.05, 4.69) is 54.7 Å². The number of rotatable bonds is 6. The number of thiophene rings is 1. The van der Waals surface area contributed by atoms with Crippen molar-refractivity contribution in [3.63, 3.8) is 0 Å². The lowest BCUT2D eigenvalue weighted by atomic mass is 9.90. The van der Waals surface area contributed by atoms with E-state index in [1.807, 2.05) is 11.3 Å². The molecule has 0 bridgehead atoms. The zero-order chi connectivity index (χ0) is 14.6. The average molecular weight is 295 g/mol. The van der Waals surface area contributed by atoms with Gasteiger partial charge in [-0.3, -0.25) is 4.90 Å². The summed E-state index contributed by atoms with van der Waals surface area (Å²) in [5, 5.41) is 8.26. The molecule has 0 amide bonds. The zero-order valence-corrected chi connectivity index (χ0v) is 14.3. The van der Waals surface area contributed by atoms with Crippen LogP contribution in [0, 0.1) is 5.92 Å². The highest BCUT2D eigenvalue weighted by atomic mass is 32.1. The number of hydrogen-bond acceptors (Lipinski definition) is 3. The van der Waals surface area contributed by atoms with Crippen LogP contribution < -0.4 is 5.32 Å². The van der Waals surface area contributed by atoms with Gasteiger partial charge in [-0.25, -0.2) is 0 Å². The van der Waals surface area contributed by atoms with Gasteiger partial charge in [0.25, 0.3) is 0 Å². The fraction of sp³-hybridized carbons (Fsp3) is 0.765. The van der Waals surface area contributed by atoms with Crippen molar-refractivity contribution in [1.82, 2.24) is 10.2 Å². The molecule has 2 nitrogen and oxygen atoms in total. The van der Waals surface area contributed by atoms with Gasteiger partial charge in [-0.15, -0.1) is 0 Å². The van der Waals surface area contributed by atoms with Crippen molar-refractivity contribution in [1.29, 1.82) is 0 Å². The minimum Gasteiger partial charge on any atom is -0.309 e. The molecule has 0 aromatic carbocycles. The molecule has 2 unspecified atom stereocenters. The molecule has 2 rings (SSSR count). The predicted molar refractivity (Wildman–Crippen MR) is 89.5 cm³/mol. The number of nitrogens with zero attached hydrogens (tertiary/aromatic N) is 1. The third kappa shape index (κ3) is 4.31. The van der Waals surface area contributed by atoms with Crippen molar-refractivity contribution < 1.29 is 0 Å². The summed E-state index contributed by atoms with van der Waals surface area (Å²) < 4.78 is 0. The maximum atomic E-state index is 3.78. The van der Waals surface area contributed by atoms with Crippen LogP contribution in [0.2, 0.25) is 0 Å². The van der Waals surface area contributed by atoms with Crippen LogP contribution >= 0.6 is 11.3 Å². The van der Waals surface area contributed by atoms with Crippen LogP contribution in [-0.2, 0) is 6.42 Å². The molecule has 1 N–H and O–H groups in total. The first-order valence-corrected chi connectivity index (χ1v) is 8.97. The van der Waals surface area contributed by atoms with Gasteiger partial charge in [0.15, 0.2) is 0 Å². The van der Waals surface area contributed by atoms with Crippen LogP contribution in [0.25, 0.3) is 0 Å². The highest BCUT2D eigenvalue weighted by Gasteiger charge is 2.34. The van der Waals surface area contributed by atoms with Crippen LogP contribution in [0.4, 0.5) is 0 Å². The second kappa shape index (κ2) is 7.06. The van der Waals surface area contributed by atoms with E-state index >= 15 is 0 Å². The summed E-state index contributed by atoms with van der Waals surface area (Å²) in [4.78, 5) is 2.73. The number of hydrogen-bond donors (Lipinski definition) is 1.